The Morgan fingerprint density at radius 2 is 2.04 bits per heavy atom. The van der Waals surface area contributed by atoms with Crippen LogP contribution in [0.2, 0.25) is 5.02 Å². The van der Waals surface area contributed by atoms with Crippen LogP contribution in [0.4, 0.5) is 5.69 Å². The van der Waals surface area contributed by atoms with E-state index in [2.05, 4.69) is 5.32 Å². The first-order valence-corrected chi connectivity index (χ1v) is 9.48. The molecule has 1 aromatic rings. The molecule has 1 heterocycles. The second kappa shape index (κ2) is 7.51. The van der Waals surface area contributed by atoms with Crippen LogP contribution in [-0.2, 0) is 14.8 Å². The van der Waals surface area contributed by atoms with Crippen molar-refractivity contribution in [2.75, 3.05) is 31.3 Å². The predicted octanol–water partition coefficient (Wildman–Crippen LogP) is 2.35. The number of anilines is 1. The average Bonchev–Trinajstić information content (AvgIpc) is 2.56. The zero-order valence-electron chi connectivity index (χ0n) is 13.2. The predicted molar refractivity (Wildman–Crippen MR) is 90.4 cm³/mol. The van der Waals surface area contributed by atoms with Crippen LogP contribution < -0.4 is 10.1 Å². The van der Waals surface area contributed by atoms with Crippen molar-refractivity contribution in [1.82, 2.24) is 4.31 Å². The minimum atomic E-state index is -3.18. The van der Waals surface area contributed by atoms with E-state index in [-0.39, 0.29) is 17.6 Å². The Hall–Kier alpha value is -1.31. The van der Waals surface area contributed by atoms with Crippen LogP contribution in [0.15, 0.2) is 18.2 Å². The molecule has 1 amide bonds. The maximum atomic E-state index is 12.3. The van der Waals surface area contributed by atoms with Gasteiger partial charge in [-0.3, -0.25) is 4.79 Å². The van der Waals surface area contributed by atoms with Gasteiger partial charge in [-0.25, -0.2) is 12.7 Å². The summed E-state index contributed by atoms with van der Waals surface area (Å²) in [5.41, 5.74) is 0.529. The zero-order valence-corrected chi connectivity index (χ0v) is 14.8. The molecule has 0 saturated carbocycles. The molecule has 0 radical (unpaired) electrons. The summed E-state index contributed by atoms with van der Waals surface area (Å²) >= 11 is 6.11. The van der Waals surface area contributed by atoms with E-state index in [0.29, 0.717) is 42.4 Å². The van der Waals surface area contributed by atoms with Crippen LogP contribution >= 0.6 is 11.6 Å². The second-order valence-electron chi connectivity index (χ2n) is 5.41. The van der Waals surface area contributed by atoms with E-state index in [0.717, 1.165) is 0 Å². The summed E-state index contributed by atoms with van der Waals surface area (Å²) in [6.07, 6.45) is 1.03. The fourth-order valence-corrected chi connectivity index (χ4v) is 3.89. The van der Waals surface area contributed by atoms with E-state index in [9.17, 15) is 13.2 Å². The highest BCUT2D eigenvalue weighted by atomic mass is 35.5. The van der Waals surface area contributed by atoms with Gasteiger partial charge in [0.2, 0.25) is 15.9 Å². The molecule has 2 rings (SSSR count). The van der Waals surface area contributed by atoms with Crippen molar-refractivity contribution in [1.29, 1.82) is 0 Å². The first-order chi connectivity index (χ1) is 10.9. The minimum absolute atomic E-state index is 0.0886. The maximum Gasteiger partial charge on any atom is 0.227 e. The molecule has 23 heavy (non-hydrogen) atoms. The van der Waals surface area contributed by atoms with Crippen LogP contribution in [0.3, 0.4) is 0 Å². The van der Waals surface area contributed by atoms with Crippen molar-refractivity contribution < 1.29 is 17.9 Å². The van der Waals surface area contributed by atoms with E-state index in [1.54, 1.807) is 32.2 Å². The Morgan fingerprint density at radius 3 is 2.57 bits per heavy atom. The van der Waals surface area contributed by atoms with Gasteiger partial charge in [0, 0.05) is 25.1 Å². The number of amides is 1. The Morgan fingerprint density at radius 1 is 1.39 bits per heavy atom. The number of rotatable bonds is 5. The number of ether oxygens (including phenoxy) is 1. The van der Waals surface area contributed by atoms with E-state index in [1.165, 1.54) is 4.31 Å². The number of nitrogens with one attached hydrogen (secondary N) is 1. The standard InChI is InChI=1S/C15H21ClN2O4S/c1-3-23(20,21)18-8-6-11(7-9-18)15(19)17-14-5-4-12(22-2)10-13(14)16/h4-5,10-11H,3,6-9H2,1-2H3,(H,17,19). The summed E-state index contributed by atoms with van der Waals surface area (Å²) in [5.74, 6) is 0.360. The van der Waals surface area contributed by atoms with Crippen LogP contribution in [-0.4, -0.2) is 44.6 Å². The number of methoxy groups -OCH3 is 1. The zero-order chi connectivity index (χ0) is 17.0. The first kappa shape index (κ1) is 18.0. The number of sulfonamides is 1. The fourth-order valence-electron chi connectivity index (χ4n) is 2.54. The lowest BCUT2D eigenvalue weighted by Gasteiger charge is -2.30. The van der Waals surface area contributed by atoms with Crippen LogP contribution in [0.25, 0.3) is 0 Å². The summed E-state index contributed by atoms with van der Waals surface area (Å²) in [4.78, 5) is 12.3. The van der Waals surface area contributed by atoms with Gasteiger partial charge in [0.15, 0.2) is 0 Å². The first-order valence-electron chi connectivity index (χ1n) is 7.49. The van der Waals surface area contributed by atoms with Gasteiger partial charge in [0.1, 0.15) is 5.75 Å². The van der Waals surface area contributed by atoms with Crippen LogP contribution in [0.5, 0.6) is 5.75 Å². The third-order valence-electron chi connectivity index (χ3n) is 4.02. The molecule has 0 aromatic heterocycles. The van der Waals surface area contributed by atoms with Crippen LogP contribution in [0, 0.1) is 5.92 Å². The number of benzene rings is 1. The van der Waals surface area contributed by atoms with Gasteiger partial charge < -0.3 is 10.1 Å². The molecule has 1 aromatic carbocycles. The number of nitrogens with zero attached hydrogens (tertiary/aromatic N) is 1. The summed E-state index contributed by atoms with van der Waals surface area (Å²) in [5, 5.41) is 3.21. The van der Waals surface area contributed by atoms with E-state index in [1.807, 2.05) is 0 Å². The lowest BCUT2D eigenvalue weighted by molar-refractivity contribution is -0.120. The molecule has 6 nitrogen and oxygen atoms in total. The summed E-state index contributed by atoms with van der Waals surface area (Å²) in [6, 6.07) is 5.04. The molecular formula is C15H21ClN2O4S. The van der Waals surface area contributed by atoms with Gasteiger partial charge in [-0.1, -0.05) is 11.6 Å². The summed E-state index contributed by atoms with van der Waals surface area (Å²) in [7, 11) is -1.63. The SMILES string of the molecule is CCS(=O)(=O)N1CCC(C(=O)Nc2ccc(OC)cc2Cl)CC1. The Labute approximate surface area is 141 Å². The number of hydrogen-bond acceptors (Lipinski definition) is 4. The molecule has 1 N–H and O–H groups in total. The molecule has 1 saturated heterocycles. The summed E-state index contributed by atoms with van der Waals surface area (Å²) in [6.45, 7) is 2.38. The van der Waals surface area contributed by atoms with Crippen molar-refractivity contribution in [2.45, 2.75) is 19.8 Å². The van der Waals surface area contributed by atoms with Crippen molar-refractivity contribution in [3.8, 4) is 5.75 Å². The van der Waals surface area contributed by atoms with Crippen molar-refractivity contribution in [2.24, 2.45) is 5.92 Å². The second-order valence-corrected chi connectivity index (χ2v) is 8.07. The lowest BCUT2D eigenvalue weighted by atomic mass is 9.97. The van der Waals surface area contributed by atoms with E-state index >= 15 is 0 Å². The number of carbonyl (C=O) groups is 1. The molecule has 0 unspecified atom stereocenters. The van der Waals surface area contributed by atoms with Gasteiger partial charge in [-0.2, -0.15) is 0 Å². The van der Waals surface area contributed by atoms with E-state index in [4.69, 9.17) is 16.3 Å². The molecule has 0 aliphatic carbocycles. The largest absolute Gasteiger partial charge is 0.497 e. The number of piperidine rings is 1. The molecular weight excluding hydrogens is 340 g/mol. The normalized spacial score (nSPS) is 17.0. The minimum Gasteiger partial charge on any atom is -0.497 e. The lowest BCUT2D eigenvalue weighted by Crippen LogP contribution is -2.42. The highest BCUT2D eigenvalue weighted by Gasteiger charge is 2.30. The number of carbonyl (C=O) groups excluding carboxylic acids is 1. The van der Waals surface area contributed by atoms with Gasteiger partial charge in [-0.05, 0) is 31.9 Å². The van der Waals surface area contributed by atoms with Gasteiger partial charge in [0.25, 0.3) is 0 Å². The molecule has 1 aliphatic heterocycles. The molecule has 0 spiro atoms. The molecule has 8 heteroatoms. The monoisotopic (exact) mass is 360 g/mol. The number of hydrogen-bond donors (Lipinski definition) is 1. The summed E-state index contributed by atoms with van der Waals surface area (Å²) < 4.78 is 30.2. The molecule has 0 bridgehead atoms. The average molecular weight is 361 g/mol. The quantitative estimate of drug-likeness (QED) is 0.874. The van der Waals surface area contributed by atoms with Crippen molar-refractivity contribution in [3.63, 3.8) is 0 Å². The highest BCUT2D eigenvalue weighted by Crippen LogP contribution is 2.28. The molecule has 1 fully saturated rings. The molecule has 0 atom stereocenters. The fraction of sp³-hybridized carbons (Fsp3) is 0.533. The van der Waals surface area contributed by atoms with Crippen LogP contribution in [0.1, 0.15) is 19.8 Å². The highest BCUT2D eigenvalue weighted by molar-refractivity contribution is 7.89. The molecule has 1 aliphatic rings. The Balaban J connectivity index is 1.96. The maximum absolute atomic E-state index is 12.3. The van der Waals surface area contributed by atoms with Gasteiger partial charge in [-0.15, -0.1) is 0 Å². The third-order valence-corrected chi connectivity index (χ3v) is 6.21. The molecule has 128 valence electrons. The van der Waals surface area contributed by atoms with Crippen molar-refractivity contribution in [3.05, 3.63) is 23.2 Å². The third kappa shape index (κ3) is 4.37. The van der Waals surface area contributed by atoms with Crippen molar-refractivity contribution >= 4 is 33.2 Å². The van der Waals surface area contributed by atoms with E-state index < -0.39 is 10.0 Å². The number of halogens is 1. The topological polar surface area (TPSA) is 75.7 Å². The Kier molecular flexibility index (Phi) is 5.89. The smallest absolute Gasteiger partial charge is 0.227 e. The van der Waals surface area contributed by atoms with Gasteiger partial charge >= 0.3 is 0 Å². The van der Waals surface area contributed by atoms with Gasteiger partial charge in [0.05, 0.1) is 23.6 Å². The Bertz CT molecular complexity index is 670.